The van der Waals surface area contributed by atoms with Crippen LogP contribution in [0.1, 0.15) is 40.5 Å². The Morgan fingerprint density at radius 3 is 2.37 bits per heavy atom. The highest BCUT2D eigenvalue weighted by atomic mass is 32.2. The van der Waals surface area contributed by atoms with Crippen molar-refractivity contribution in [2.75, 3.05) is 19.8 Å². The van der Waals surface area contributed by atoms with Crippen LogP contribution in [0, 0.1) is 5.92 Å². The number of rotatable bonds is 10. The fourth-order valence-corrected chi connectivity index (χ4v) is 2.97. The Balaban J connectivity index is 2.48. The van der Waals surface area contributed by atoms with E-state index in [-0.39, 0.29) is 12.0 Å². The molecule has 1 saturated carbocycles. The van der Waals surface area contributed by atoms with Crippen LogP contribution in [0.3, 0.4) is 0 Å². The lowest BCUT2D eigenvalue weighted by Gasteiger charge is -2.24. The number of sulfonamides is 1. The monoisotopic (exact) mass is 292 g/mol. The smallest absolute Gasteiger partial charge is 0.215 e. The van der Waals surface area contributed by atoms with Crippen LogP contribution < -0.4 is 10.0 Å². The van der Waals surface area contributed by atoms with Crippen molar-refractivity contribution < 1.29 is 13.2 Å². The largest absolute Gasteiger partial charge is 0.380 e. The predicted octanol–water partition coefficient (Wildman–Crippen LogP) is 1.11. The molecule has 0 aromatic carbocycles. The Morgan fingerprint density at radius 2 is 1.89 bits per heavy atom. The molecule has 0 bridgehead atoms. The van der Waals surface area contributed by atoms with Crippen molar-refractivity contribution in [3.63, 3.8) is 0 Å². The van der Waals surface area contributed by atoms with E-state index in [1.807, 2.05) is 20.8 Å². The Hall–Kier alpha value is -0.170. The second-order valence-corrected chi connectivity index (χ2v) is 7.80. The van der Waals surface area contributed by atoms with Crippen LogP contribution in [0.5, 0.6) is 0 Å². The minimum Gasteiger partial charge on any atom is -0.380 e. The van der Waals surface area contributed by atoms with Gasteiger partial charge in [-0.05, 0) is 32.6 Å². The number of hydrogen-bond acceptors (Lipinski definition) is 4. The van der Waals surface area contributed by atoms with Gasteiger partial charge in [-0.15, -0.1) is 0 Å². The van der Waals surface area contributed by atoms with Gasteiger partial charge in [-0.1, -0.05) is 13.8 Å². The van der Waals surface area contributed by atoms with Crippen LogP contribution in [0.25, 0.3) is 0 Å². The van der Waals surface area contributed by atoms with E-state index >= 15 is 0 Å². The lowest BCUT2D eigenvalue weighted by Crippen LogP contribution is -2.47. The molecule has 2 atom stereocenters. The van der Waals surface area contributed by atoms with Gasteiger partial charge in [-0.2, -0.15) is 0 Å². The molecule has 19 heavy (non-hydrogen) atoms. The molecule has 0 saturated heterocycles. The third-order valence-electron chi connectivity index (χ3n) is 3.42. The van der Waals surface area contributed by atoms with Crippen molar-refractivity contribution in [1.82, 2.24) is 10.0 Å². The molecule has 0 heterocycles. The molecule has 0 aliphatic heterocycles. The molecular weight excluding hydrogens is 264 g/mol. The molecule has 0 spiro atoms. The highest BCUT2D eigenvalue weighted by Gasteiger charge is 2.28. The van der Waals surface area contributed by atoms with Gasteiger partial charge in [0.25, 0.3) is 0 Å². The molecular formula is C13H28N2O3S. The van der Waals surface area contributed by atoms with E-state index in [1.165, 1.54) is 12.8 Å². The molecule has 1 rings (SSSR count). The van der Waals surface area contributed by atoms with Gasteiger partial charge < -0.3 is 10.1 Å². The zero-order valence-corrected chi connectivity index (χ0v) is 13.3. The Labute approximate surface area is 117 Å². The SMILES string of the molecule is CCOCC(NS(=O)(=O)C(C)CNC1CC1)C(C)C. The van der Waals surface area contributed by atoms with Gasteiger partial charge in [0, 0.05) is 25.2 Å². The van der Waals surface area contributed by atoms with Crippen molar-refractivity contribution in [2.45, 2.75) is 57.9 Å². The molecule has 1 aliphatic rings. The predicted molar refractivity (Wildman–Crippen MR) is 77.7 cm³/mol. The summed E-state index contributed by atoms with van der Waals surface area (Å²) in [6.07, 6.45) is 2.33. The fourth-order valence-electron chi connectivity index (χ4n) is 1.66. The molecule has 5 nitrogen and oxygen atoms in total. The first-order valence-corrected chi connectivity index (χ1v) is 8.73. The quantitative estimate of drug-likeness (QED) is 0.633. The summed E-state index contributed by atoms with van der Waals surface area (Å²) in [4.78, 5) is 0. The van der Waals surface area contributed by atoms with Gasteiger partial charge >= 0.3 is 0 Å². The summed E-state index contributed by atoms with van der Waals surface area (Å²) in [5, 5.41) is 2.84. The first kappa shape index (κ1) is 16.9. The number of ether oxygens (including phenoxy) is 1. The average Bonchev–Trinajstić information content (AvgIpc) is 3.14. The standard InChI is InChI=1S/C13H28N2O3S/c1-5-18-9-13(10(2)3)15-19(16,17)11(4)8-14-12-6-7-12/h10-15H,5-9H2,1-4H3. The first-order valence-electron chi connectivity index (χ1n) is 7.19. The minimum atomic E-state index is -3.30. The second-order valence-electron chi connectivity index (χ2n) is 5.67. The van der Waals surface area contributed by atoms with E-state index in [0.717, 1.165) is 0 Å². The zero-order valence-electron chi connectivity index (χ0n) is 12.5. The van der Waals surface area contributed by atoms with Gasteiger partial charge in [0.1, 0.15) is 0 Å². The van der Waals surface area contributed by atoms with Crippen molar-refractivity contribution in [3.8, 4) is 0 Å². The summed E-state index contributed by atoms with van der Waals surface area (Å²) in [7, 11) is -3.30. The fraction of sp³-hybridized carbons (Fsp3) is 1.00. The van der Waals surface area contributed by atoms with E-state index in [0.29, 0.717) is 25.8 Å². The maximum atomic E-state index is 12.2. The van der Waals surface area contributed by atoms with Crippen LogP contribution in [0.15, 0.2) is 0 Å². The molecule has 1 aliphatic carbocycles. The topological polar surface area (TPSA) is 67.4 Å². The molecule has 2 unspecified atom stereocenters. The summed E-state index contributed by atoms with van der Waals surface area (Å²) >= 11 is 0. The molecule has 0 aromatic heterocycles. The highest BCUT2D eigenvalue weighted by molar-refractivity contribution is 7.90. The molecule has 6 heteroatoms. The van der Waals surface area contributed by atoms with Crippen molar-refractivity contribution in [1.29, 1.82) is 0 Å². The van der Waals surface area contributed by atoms with Crippen molar-refractivity contribution in [3.05, 3.63) is 0 Å². The molecule has 0 aromatic rings. The van der Waals surface area contributed by atoms with Crippen LogP contribution in [0.2, 0.25) is 0 Å². The Kier molecular flexibility index (Phi) is 6.73. The lowest BCUT2D eigenvalue weighted by molar-refractivity contribution is 0.116. The normalized spacial score (nSPS) is 19.6. The van der Waals surface area contributed by atoms with Crippen LogP contribution >= 0.6 is 0 Å². The van der Waals surface area contributed by atoms with Crippen LogP contribution in [-0.4, -0.2) is 45.5 Å². The maximum Gasteiger partial charge on any atom is 0.215 e. The molecule has 0 amide bonds. The summed E-state index contributed by atoms with van der Waals surface area (Å²) in [5.41, 5.74) is 0. The number of nitrogens with one attached hydrogen (secondary N) is 2. The second kappa shape index (κ2) is 7.57. The summed E-state index contributed by atoms with van der Waals surface area (Å²) in [6.45, 7) is 9.20. The Morgan fingerprint density at radius 1 is 1.26 bits per heavy atom. The molecule has 1 fully saturated rings. The maximum absolute atomic E-state index is 12.2. The van der Waals surface area contributed by atoms with Gasteiger partial charge in [0.05, 0.1) is 11.9 Å². The van der Waals surface area contributed by atoms with Gasteiger partial charge in [0.2, 0.25) is 10.0 Å². The van der Waals surface area contributed by atoms with E-state index < -0.39 is 15.3 Å². The highest BCUT2D eigenvalue weighted by Crippen LogP contribution is 2.18. The van der Waals surface area contributed by atoms with Crippen LogP contribution in [0.4, 0.5) is 0 Å². The van der Waals surface area contributed by atoms with Gasteiger partial charge in [-0.25, -0.2) is 13.1 Å². The lowest BCUT2D eigenvalue weighted by atomic mass is 10.1. The van der Waals surface area contributed by atoms with Gasteiger partial charge in [-0.3, -0.25) is 0 Å². The zero-order chi connectivity index (χ0) is 14.5. The van der Waals surface area contributed by atoms with Crippen molar-refractivity contribution in [2.24, 2.45) is 5.92 Å². The minimum absolute atomic E-state index is 0.159. The van der Waals surface area contributed by atoms with Crippen molar-refractivity contribution >= 4 is 10.0 Å². The third-order valence-corrected chi connectivity index (χ3v) is 5.28. The first-order chi connectivity index (χ1) is 8.86. The summed E-state index contributed by atoms with van der Waals surface area (Å²) in [6, 6.07) is 0.371. The number of hydrogen-bond donors (Lipinski definition) is 2. The van der Waals surface area contributed by atoms with E-state index in [9.17, 15) is 8.42 Å². The molecule has 114 valence electrons. The van der Waals surface area contributed by atoms with E-state index in [2.05, 4.69) is 10.0 Å². The molecule has 2 N–H and O–H groups in total. The van der Waals surface area contributed by atoms with Crippen LogP contribution in [-0.2, 0) is 14.8 Å². The third kappa shape index (κ3) is 6.21. The summed E-state index contributed by atoms with van der Waals surface area (Å²) in [5.74, 6) is 0.213. The average molecular weight is 292 g/mol. The van der Waals surface area contributed by atoms with E-state index in [4.69, 9.17) is 4.74 Å². The summed E-state index contributed by atoms with van der Waals surface area (Å²) < 4.78 is 32.6. The van der Waals surface area contributed by atoms with Gasteiger partial charge in [0.15, 0.2) is 0 Å². The molecule has 0 radical (unpaired) electrons. The Bertz CT molecular complexity index is 353. The van der Waals surface area contributed by atoms with E-state index in [1.54, 1.807) is 6.92 Å².